The van der Waals surface area contributed by atoms with Gasteiger partial charge in [-0.15, -0.1) is 0 Å². The van der Waals surface area contributed by atoms with E-state index in [1.165, 1.54) is 0 Å². The molecule has 0 spiro atoms. The Morgan fingerprint density at radius 2 is 1.84 bits per heavy atom. The summed E-state index contributed by atoms with van der Waals surface area (Å²) in [6.45, 7) is 0. The molecule has 12 heteroatoms. The molecule has 2 saturated carbocycles. The second kappa shape index (κ2) is 9.87. The molecule has 220 valence electrons. The number of carbonyl (C=O) groups is 1. The van der Waals surface area contributed by atoms with Crippen molar-refractivity contribution >= 4 is 22.9 Å². The van der Waals surface area contributed by atoms with Gasteiger partial charge in [0.2, 0.25) is 11.8 Å². The Morgan fingerprint density at radius 3 is 2.50 bits per heavy atom. The van der Waals surface area contributed by atoms with Gasteiger partial charge in [-0.1, -0.05) is 0 Å². The molecule has 2 aliphatic carbocycles. The summed E-state index contributed by atoms with van der Waals surface area (Å²) in [5, 5.41) is 21.7. The summed E-state index contributed by atoms with van der Waals surface area (Å²) < 4.78 is 8.62. The van der Waals surface area contributed by atoms with Gasteiger partial charge in [-0.2, -0.15) is 15.5 Å². The number of aryl methyl sites for hydroxylation is 1. The molecular formula is C32H30N10O2. The number of methoxy groups -OCH3 is 1. The third kappa shape index (κ3) is 4.18. The summed E-state index contributed by atoms with van der Waals surface area (Å²) in [5.74, 6) is 1.94. The molecule has 4 atom stereocenters. The molecule has 5 aromatic rings. The van der Waals surface area contributed by atoms with Crippen LogP contribution < -0.4 is 15.0 Å². The molecule has 0 radical (unpaired) electrons. The molecule has 9 rings (SSSR count). The largest absolute Gasteiger partial charge is 0.481 e. The van der Waals surface area contributed by atoms with Gasteiger partial charge in [-0.3, -0.25) is 14.5 Å². The maximum absolute atomic E-state index is 13.7. The topological polar surface area (TPSA) is 139 Å². The van der Waals surface area contributed by atoms with E-state index in [4.69, 9.17) is 14.7 Å². The highest BCUT2D eigenvalue weighted by Gasteiger charge is 2.58. The lowest BCUT2D eigenvalue weighted by atomic mass is 9.55. The number of nitriles is 1. The number of nitrogens with one attached hydrogen (secondary N) is 1. The molecule has 12 nitrogen and oxygen atoms in total. The van der Waals surface area contributed by atoms with Crippen molar-refractivity contribution in [2.75, 3.05) is 17.3 Å². The zero-order valence-electron chi connectivity index (χ0n) is 24.4. The van der Waals surface area contributed by atoms with E-state index in [2.05, 4.69) is 31.5 Å². The van der Waals surface area contributed by atoms with Crippen LogP contribution in [-0.2, 0) is 11.8 Å². The number of amides is 1. The van der Waals surface area contributed by atoms with E-state index >= 15 is 0 Å². The Bertz CT molecular complexity index is 1920. The monoisotopic (exact) mass is 586 g/mol. The first kappa shape index (κ1) is 26.3. The molecule has 2 aliphatic heterocycles. The van der Waals surface area contributed by atoms with E-state index in [9.17, 15) is 10.1 Å². The predicted molar refractivity (Wildman–Crippen MR) is 162 cm³/mol. The Kier molecular flexibility index (Phi) is 5.91. The molecule has 5 aromatic heterocycles. The van der Waals surface area contributed by atoms with Crippen molar-refractivity contribution in [1.82, 2.24) is 34.3 Å². The number of anilines is 2. The van der Waals surface area contributed by atoms with E-state index in [1.54, 1.807) is 47.2 Å². The van der Waals surface area contributed by atoms with Gasteiger partial charge < -0.3 is 15.0 Å². The van der Waals surface area contributed by atoms with Crippen LogP contribution in [-0.4, -0.2) is 59.4 Å². The van der Waals surface area contributed by atoms with Crippen LogP contribution in [0.1, 0.15) is 37.7 Å². The van der Waals surface area contributed by atoms with Gasteiger partial charge in [0.15, 0.2) is 0 Å². The van der Waals surface area contributed by atoms with Gasteiger partial charge in [-0.25, -0.2) is 14.5 Å². The molecule has 44 heavy (non-hydrogen) atoms. The summed E-state index contributed by atoms with van der Waals surface area (Å²) >= 11 is 0. The number of pyridine rings is 2. The van der Waals surface area contributed by atoms with Gasteiger partial charge >= 0.3 is 0 Å². The average molecular weight is 587 g/mol. The number of carbonyl (C=O) groups excluding carboxylic acids is 1. The van der Waals surface area contributed by atoms with Gasteiger partial charge in [-0.05, 0) is 50.2 Å². The van der Waals surface area contributed by atoms with Crippen LogP contribution in [0.4, 0.5) is 11.5 Å². The standard InChI is InChI=1S/C32H30N10O2/c1-40-17-22(13-37-40)20-7-26(30-21(11-33)12-38-41(30)18-20)27-15-35-28(16-34-27)42-24-5-19-6-25(42)10-32(8-19,9-24)31(43)39-23-3-4-29(44-2)36-14-23/h3-4,7,12-19,24-25H,5-6,8-10H2,1-2H3,(H,39,43)/t19?,24-,25+,32?. The van der Waals surface area contributed by atoms with Crippen LogP contribution in [0.25, 0.3) is 27.9 Å². The number of hydrogen-bond donors (Lipinski definition) is 1. The molecule has 0 aromatic carbocycles. The van der Waals surface area contributed by atoms with Gasteiger partial charge in [0.05, 0.1) is 66.0 Å². The zero-order chi connectivity index (χ0) is 30.0. The quantitative estimate of drug-likeness (QED) is 0.309. The maximum Gasteiger partial charge on any atom is 0.230 e. The molecule has 7 heterocycles. The molecule has 4 bridgehead atoms. The Hall–Kier alpha value is -5.31. The highest BCUT2D eigenvalue weighted by Crippen LogP contribution is 2.57. The van der Waals surface area contributed by atoms with Crippen LogP contribution in [0.5, 0.6) is 5.88 Å². The van der Waals surface area contributed by atoms with Crippen molar-refractivity contribution in [2.24, 2.45) is 18.4 Å². The van der Waals surface area contributed by atoms with Crippen LogP contribution in [0.15, 0.2) is 61.6 Å². The minimum atomic E-state index is -0.395. The van der Waals surface area contributed by atoms with Crippen LogP contribution in [0.3, 0.4) is 0 Å². The summed E-state index contributed by atoms with van der Waals surface area (Å²) in [6, 6.07) is 8.31. The molecular weight excluding hydrogens is 556 g/mol. The summed E-state index contributed by atoms with van der Waals surface area (Å²) in [4.78, 5) is 30.1. The van der Waals surface area contributed by atoms with E-state index in [0.29, 0.717) is 34.3 Å². The fourth-order valence-corrected chi connectivity index (χ4v) is 7.84. The summed E-state index contributed by atoms with van der Waals surface area (Å²) in [6.07, 6.45) is 17.1. The van der Waals surface area contributed by atoms with Crippen molar-refractivity contribution in [3.8, 4) is 34.3 Å². The Labute approximate surface area is 253 Å². The first-order chi connectivity index (χ1) is 21.4. The third-order valence-electron chi connectivity index (χ3n) is 9.56. The molecule has 4 aliphatic rings. The fraction of sp³-hybridized carbons (Fsp3) is 0.344. The molecule has 2 unspecified atom stereocenters. The maximum atomic E-state index is 13.7. The fourth-order valence-electron chi connectivity index (χ4n) is 7.84. The van der Waals surface area contributed by atoms with Crippen molar-refractivity contribution in [3.05, 3.63) is 67.1 Å². The van der Waals surface area contributed by atoms with Crippen molar-refractivity contribution in [2.45, 2.75) is 44.2 Å². The number of aromatic nitrogens is 7. The van der Waals surface area contributed by atoms with E-state index in [0.717, 1.165) is 54.6 Å². The zero-order valence-corrected chi connectivity index (χ0v) is 24.4. The number of ether oxygens (including phenoxy) is 1. The van der Waals surface area contributed by atoms with Crippen molar-refractivity contribution in [1.29, 1.82) is 5.26 Å². The first-order valence-corrected chi connectivity index (χ1v) is 14.8. The van der Waals surface area contributed by atoms with Crippen LogP contribution in [0, 0.1) is 22.7 Å². The third-order valence-corrected chi connectivity index (χ3v) is 9.56. The van der Waals surface area contributed by atoms with Crippen LogP contribution >= 0.6 is 0 Å². The van der Waals surface area contributed by atoms with Crippen molar-refractivity contribution in [3.63, 3.8) is 0 Å². The second-order valence-corrected chi connectivity index (χ2v) is 12.3. The predicted octanol–water partition coefficient (Wildman–Crippen LogP) is 4.24. The molecule has 2 saturated heterocycles. The van der Waals surface area contributed by atoms with E-state index in [1.807, 2.05) is 37.8 Å². The lowest BCUT2D eigenvalue weighted by Crippen LogP contribution is -2.64. The molecule has 1 amide bonds. The molecule has 1 N–H and O–H groups in total. The van der Waals surface area contributed by atoms with Crippen molar-refractivity contribution < 1.29 is 9.53 Å². The SMILES string of the molecule is COc1ccc(NC(=O)C23CC4C[C@H](C2)N(c2cnc(-c5cc(-c6cnn(C)c6)cn6ncc(C#N)c56)cn2)[C@@H](C4)C3)cn1. The number of nitrogens with zero attached hydrogens (tertiary/aromatic N) is 9. The van der Waals surface area contributed by atoms with Crippen LogP contribution in [0.2, 0.25) is 0 Å². The minimum Gasteiger partial charge on any atom is -0.481 e. The normalized spacial score (nSPS) is 23.6. The lowest BCUT2D eigenvalue weighted by molar-refractivity contribution is -0.134. The number of hydrogen-bond acceptors (Lipinski definition) is 9. The summed E-state index contributed by atoms with van der Waals surface area (Å²) in [7, 11) is 3.45. The highest BCUT2D eigenvalue weighted by atomic mass is 16.5. The minimum absolute atomic E-state index is 0.0802. The average Bonchev–Trinajstić information content (AvgIpc) is 3.67. The number of rotatable bonds is 6. The number of fused-ring (bicyclic) bond motifs is 1. The highest BCUT2D eigenvalue weighted by molar-refractivity contribution is 5.96. The summed E-state index contributed by atoms with van der Waals surface area (Å²) in [5.41, 5.74) is 4.75. The lowest BCUT2D eigenvalue weighted by Gasteiger charge is -2.61. The van der Waals surface area contributed by atoms with Gasteiger partial charge in [0.25, 0.3) is 0 Å². The van der Waals surface area contributed by atoms with E-state index < -0.39 is 5.41 Å². The molecule has 4 fully saturated rings. The van der Waals surface area contributed by atoms with Gasteiger partial charge in [0, 0.05) is 54.3 Å². The Balaban J connectivity index is 1.08. The smallest absolute Gasteiger partial charge is 0.230 e. The Morgan fingerprint density at radius 1 is 1.00 bits per heavy atom. The number of piperidine rings is 2. The first-order valence-electron chi connectivity index (χ1n) is 14.8. The van der Waals surface area contributed by atoms with E-state index in [-0.39, 0.29) is 18.0 Å². The second-order valence-electron chi connectivity index (χ2n) is 12.3. The van der Waals surface area contributed by atoms with Gasteiger partial charge in [0.1, 0.15) is 11.9 Å².